The smallest absolute Gasteiger partial charge is 0.384 e. The minimum Gasteiger partial charge on any atom is -0.397 e. The molecule has 0 spiro atoms. The predicted molar refractivity (Wildman–Crippen MR) is 68.7 cm³/mol. The molecule has 0 aliphatic carbocycles. The predicted octanol–water partition coefficient (Wildman–Crippen LogP) is 3.14. The Morgan fingerprint density at radius 2 is 1.62 bits per heavy atom. The molecule has 0 saturated heterocycles. The molecule has 0 heterocycles. The lowest BCUT2D eigenvalue weighted by Gasteiger charge is -2.26. The van der Waals surface area contributed by atoms with Crippen LogP contribution in [-0.2, 0) is 14.3 Å². The minimum absolute atomic E-state index is 0.189. The molecule has 2 nitrogen and oxygen atoms in total. The second-order valence-electron chi connectivity index (χ2n) is 4.53. The van der Waals surface area contributed by atoms with Gasteiger partial charge in [-0.05, 0) is 23.4 Å². The summed E-state index contributed by atoms with van der Waals surface area (Å²) in [7, 11) is 2.40. The van der Waals surface area contributed by atoms with Crippen LogP contribution in [0.15, 0.2) is 30.3 Å². The maximum Gasteiger partial charge on any atom is 0.384 e. The van der Waals surface area contributed by atoms with Crippen LogP contribution in [0, 0.1) is 0 Å². The summed E-state index contributed by atoms with van der Waals surface area (Å²) in [5.41, 5.74) is 1.57. The summed E-state index contributed by atoms with van der Waals surface area (Å²) < 4.78 is 10.6. The first-order chi connectivity index (χ1) is 7.60. The third-order valence-corrected chi connectivity index (χ3v) is 4.53. The van der Waals surface area contributed by atoms with Crippen LogP contribution in [0.3, 0.4) is 0 Å². The third-order valence-electron chi connectivity index (χ3n) is 2.96. The molecule has 0 fully saturated rings. The maximum atomic E-state index is 5.31. The van der Waals surface area contributed by atoms with E-state index in [-0.39, 0.29) is 5.41 Å². The van der Waals surface area contributed by atoms with Crippen LogP contribution in [0.25, 0.3) is 0 Å². The summed E-state index contributed by atoms with van der Waals surface area (Å²) in [6.45, 7) is 4.54. The Bertz CT molecular complexity index is 294. The van der Waals surface area contributed by atoms with Gasteiger partial charge in [-0.2, -0.15) is 0 Å². The van der Waals surface area contributed by atoms with E-state index < -0.39 is 9.28 Å². The molecule has 0 bridgehead atoms. The zero-order valence-corrected chi connectivity index (χ0v) is 11.6. The van der Waals surface area contributed by atoms with Gasteiger partial charge in [0.05, 0.1) is 0 Å². The first-order valence-corrected chi connectivity index (χ1v) is 7.12. The zero-order chi connectivity index (χ0) is 12.0. The molecular weight excluding hydrogens is 216 g/mol. The van der Waals surface area contributed by atoms with Gasteiger partial charge in [-0.25, -0.2) is 0 Å². The van der Waals surface area contributed by atoms with Crippen molar-refractivity contribution in [1.82, 2.24) is 0 Å². The van der Waals surface area contributed by atoms with Crippen molar-refractivity contribution in [3.05, 3.63) is 35.9 Å². The normalized spacial score (nSPS) is 12.1. The van der Waals surface area contributed by atoms with Crippen molar-refractivity contribution in [2.45, 2.75) is 31.7 Å². The van der Waals surface area contributed by atoms with Gasteiger partial charge in [-0.1, -0.05) is 44.2 Å². The van der Waals surface area contributed by atoms with Gasteiger partial charge in [0, 0.05) is 14.2 Å². The fourth-order valence-corrected chi connectivity index (χ4v) is 3.14. The molecule has 0 atom stereocenters. The Morgan fingerprint density at radius 3 is 2.12 bits per heavy atom. The van der Waals surface area contributed by atoms with Crippen LogP contribution in [0.4, 0.5) is 0 Å². The summed E-state index contributed by atoms with van der Waals surface area (Å²) in [5, 5.41) is 0. The van der Waals surface area contributed by atoms with Gasteiger partial charge in [-0.15, -0.1) is 0 Å². The van der Waals surface area contributed by atoms with E-state index in [0.717, 1.165) is 12.5 Å². The lowest BCUT2D eigenvalue weighted by Crippen LogP contribution is -2.24. The van der Waals surface area contributed by atoms with E-state index in [2.05, 4.69) is 44.2 Å². The van der Waals surface area contributed by atoms with Crippen molar-refractivity contribution in [3.63, 3.8) is 0 Å². The second-order valence-corrected chi connectivity index (χ2v) is 6.59. The Kier molecular flexibility index (Phi) is 5.18. The first kappa shape index (κ1) is 13.4. The molecular formula is C13H21O2Si. The summed E-state index contributed by atoms with van der Waals surface area (Å²) in [4.78, 5) is 0. The van der Waals surface area contributed by atoms with Crippen molar-refractivity contribution in [1.29, 1.82) is 0 Å². The monoisotopic (exact) mass is 237 g/mol. The highest BCUT2D eigenvalue weighted by atomic mass is 28.3. The highest BCUT2D eigenvalue weighted by Crippen LogP contribution is 2.28. The number of rotatable bonds is 6. The van der Waals surface area contributed by atoms with Crippen LogP contribution < -0.4 is 0 Å². The fourth-order valence-electron chi connectivity index (χ4n) is 1.74. The van der Waals surface area contributed by atoms with Crippen LogP contribution in [0.2, 0.25) is 6.04 Å². The van der Waals surface area contributed by atoms with Gasteiger partial charge in [0.2, 0.25) is 0 Å². The average molecular weight is 237 g/mol. The first-order valence-electron chi connectivity index (χ1n) is 5.59. The lowest BCUT2D eigenvalue weighted by atomic mass is 9.82. The molecule has 1 aromatic rings. The maximum absolute atomic E-state index is 5.31. The second kappa shape index (κ2) is 6.18. The average Bonchev–Trinajstić information content (AvgIpc) is 2.31. The molecule has 1 rings (SSSR count). The minimum atomic E-state index is -1.06. The summed E-state index contributed by atoms with van der Waals surface area (Å²) in [6.07, 6.45) is 1.09. The number of hydrogen-bond donors (Lipinski definition) is 0. The third kappa shape index (κ3) is 3.74. The van der Waals surface area contributed by atoms with Gasteiger partial charge in [0.25, 0.3) is 0 Å². The molecule has 0 amide bonds. The van der Waals surface area contributed by atoms with Crippen LogP contribution in [0.1, 0.15) is 25.8 Å². The number of benzene rings is 1. The Labute approximate surface area is 100 Å². The highest BCUT2D eigenvalue weighted by Gasteiger charge is 2.23. The van der Waals surface area contributed by atoms with Crippen LogP contribution >= 0.6 is 0 Å². The Balaban J connectivity index is 2.58. The topological polar surface area (TPSA) is 18.5 Å². The molecule has 16 heavy (non-hydrogen) atoms. The van der Waals surface area contributed by atoms with E-state index in [4.69, 9.17) is 8.85 Å². The Morgan fingerprint density at radius 1 is 1.06 bits per heavy atom. The zero-order valence-electron chi connectivity index (χ0n) is 10.6. The largest absolute Gasteiger partial charge is 0.397 e. The summed E-state index contributed by atoms with van der Waals surface area (Å²) in [6, 6.07) is 11.6. The quantitative estimate of drug-likeness (QED) is 0.708. The van der Waals surface area contributed by atoms with Crippen LogP contribution in [0.5, 0.6) is 0 Å². The van der Waals surface area contributed by atoms with E-state index in [0.29, 0.717) is 0 Å². The van der Waals surface area contributed by atoms with Crippen LogP contribution in [-0.4, -0.2) is 23.5 Å². The standard InChI is InChI=1S/C13H21O2Si/c1-13(2,10-11-16(14-3)15-4)12-8-6-5-7-9-12/h5-9H,10-11H2,1-4H3. The van der Waals surface area contributed by atoms with Gasteiger partial charge >= 0.3 is 9.28 Å². The van der Waals surface area contributed by atoms with Crippen molar-refractivity contribution in [2.75, 3.05) is 14.2 Å². The highest BCUT2D eigenvalue weighted by molar-refractivity contribution is 6.44. The molecule has 3 heteroatoms. The Hall–Kier alpha value is -0.643. The van der Waals surface area contributed by atoms with Crippen molar-refractivity contribution in [3.8, 4) is 0 Å². The number of hydrogen-bond acceptors (Lipinski definition) is 2. The van der Waals surface area contributed by atoms with Gasteiger partial charge in [-0.3, -0.25) is 0 Å². The lowest BCUT2D eigenvalue weighted by molar-refractivity contribution is 0.272. The van der Waals surface area contributed by atoms with E-state index in [1.165, 1.54) is 5.56 Å². The van der Waals surface area contributed by atoms with E-state index in [1.807, 2.05) is 0 Å². The van der Waals surface area contributed by atoms with Gasteiger partial charge < -0.3 is 8.85 Å². The van der Waals surface area contributed by atoms with Crippen molar-refractivity contribution >= 4 is 9.28 Å². The molecule has 0 unspecified atom stereocenters. The fraction of sp³-hybridized carbons (Fsp3) is 0.538. The molecule has 0 aromatic heterocycles. The van der Waals surface area contributed by atoms with E-state index in [1.54, 1.807) is 14.2 Å². The van der Waals surface area contributed by atoms with Gasteiger partial charge in [0.1, 0.15) is 0 Å². The van der Waals surface area contributed by atoms with Crippen molar-refractivity contribution in [2.24, 2.45) is 0 Å². The van der Waals surface area contributed by atoms with Crippen molar-refractivity contribution < 1.29 is 8.85 Å². The molecule has 1 aromatic carbocycles. The molecule has 0 saturated carbocycles. The SMILES string of the molecule is CO[Si](CCC(C)(C)c1ccccc1)OC. The van der Waals surface area contributed by atoms with Gasteiger partial charge in [0.15, 0.2) is 0 Å². The summed E-state index contributed by atoms with van der Waals surface area (Å²) >= 11 is 0. The van der Waals surface area contributed by atoms with E-state index in [9.17, 15) is 0 Å². The molecule has 0 aliphatic rings. The van der Waals surface area contributed by atoms with E-state index >= 15 is 0 Å². The molecule has 89 valence electrons. The molecule has 0 N–H and O–H groups in total. The summed E-state index contributed by atoms with van der Waals surface area (Å²) in [5.74, 6) is 0. The molecule has 1 radical (unpaired) electrons. The molecule has 0 aliphatic heterocycles.